The van der Waals surface area contributed by atoms with Crippen LogP contribution in [0.5, 0.6) is 11.5 Å². The summed E-state index contributed by atoms with van der Waals surface area (Å²) in [6.07, 6.45) is 10.0. The van der Waals surface area contributed by atoms with E-state index in [9.17, 15) is 56.7 Å². The molecule has 3 atom stereocenters. The zero-order valence-corrected chi connectivity index (χ0v) is 57.2. The van der Waals surface area contributed by atoms with Crippen LogP contribution in [0, 0.1) is 23.2 Å². The molecule has 0 spiro atoms. The number of fused-ring (bicyclic) bond motifs is 2. The van der Waals surface area contributed by atoms with Crippen molar-refractivity contribution in [3.63, 3.8) is 0 Å². The van der Waals surface area contributed by atoms with E-state index in [4.69, 9.17) is 33.8 Å². The smallest absolute Gasteiger partial charge is 0.410 e. The fourth-order valence-corrected chi connectivity index (χ4v) is 17.2. The van der Waals surface area contributed by atoms with Crippen molar-refractivity contribution in [2.24, 2.45) is 16.2 Å². The van der Waals surface area contributed by atoms with Gasteiger partial charge in [-0.05, 0) is 134 Å². The van der Waals surface area contributed by atoms with Gasteiger partial charge < -0.3 is 49.4 Å². The highest BCUT2D eigenvalue weighted by Gasteiger charge is 2.66. The van der Waals surface area contributed by atoms with Crippen molar-refractivity contribution in [3.05, 3.63) is 132 Å². The number of nitrogens with zero attached hydrogens (tertiary/aromatic N) is 6. The summed E-state index contributed by atoms with van der Waals surface area (Å²) in [7, 11) is -3.13. The Kier molecular flexibility index (Phi) is 21.6. The number of anilines is 1. The molecule has 4 bridgehead atoms. The van der Waals surface area contributed by atoms with Gasteiger partial charge in [-0.25, -0.2) is 19.6 Å². The van der Waals surface area contributed by atoms with E-state index in [0.29, 0.717) is 69.8 Å². The van der Waals surface area contributed by atoms with E-state index < -0.39 is 63.2 Å². The molecule has 1 aliphatic heterocycles. The average Bonchev–Trinajstić information content (AvgIpc) is 1.47. The Labute approximate surface area is 576 Å². The standard InChI is InChI=1S/C71H81N9O17S2/c1-45-53(50-20-21-54(75-62(50)65(87)88)47-17-16-46-11-10-12-51(52(46)33-47)63(85)77-66-76-55-13-7-8-14-58(55)98-66)35-73-80(45)44-70-39-68(2)38-69(3,40-70)42-71(41-68,43-70)97-30-27-78(26-29-93-4)67(89)96-36-48-18-19-49(81)34-57(48)95-32-31-94-28-24-72-64(86)56(37-99(90,91)92)74-59(82)15-6-5-9-25-79-60(83)22-23-61(79)84/h7-8,10-14,16-23,33-35,56,81H,5-6,9,15,24-32,36-44H2,1-4H3,(H,72,86)(H,74,82)(H,87,88)(H,76,77,85)(H,90,91,92)/t56-,68?,69?,70?,71?/m0/s1. The average molecular weight is 1400 g/mol. The van der Waals surface area contributed by atoms with Crippen molar-refractivity contribution in [1.82, 2.24) is 40.2 Å². The second kappa shape index (κ2) is 30.1. The number of carboxylic acids is 1. The fourth-order valence-electron chi connectivity index (χ4n) is 15.7. The van der Waals surface area contributed by atoms with Gasteiger partial charge in [0.05, 0.1) is 54.1 Å². The molecule has 5 aliphatic rings. The quantitative estimate of drug-likeness (QED) is 0.0127. The number of carbonyl (C=O) groups is 7. The van der Waals surface area contributed by atoms with E-state index in [-0.39, 0.29) is 112 Å². The minimum Gasteiger partial charge on any atom is -0.508 e. The van der Waals surface area contributed by atoms with Crippen molar-refractivity contribution >= 4 is 89.2 Å². The van der Waals surface area contributed by atoms with E-state index in [2.05, 4.69) is 34.8 Å². The summed E-state index contributed by atoms with van der Waals surface area (Å²) in [6, 6.07) is 25.1. The third-order valence-electron chi connectivity index (χ3n) is 18.8. The van der Waals surface area contributed by atoms with Crippen LogP contribution in [-0.4, -0.2) is 178 Å². The molecule has 4 heterocycles. The Balaban J connectivity index is 0.668. The lowest BCUT2D eigenvalue weighted by Gasteiger charge is -2.69. The number of imide groups is 1. The zero-order chi connectivity index (χ0) is 70.3. The van der Waals surface area contributed by atoms with Crippen LogP contribution in [0.2, 0.25) is 0 Å². The second-order valence-corrected chi connectivity index (χ2v) is 29.5. The molecular weight excluding hydrogens is 1310 g/mol. The summed E-state index contributed by atoms with van der Waals surface area (Å²) >= 11 is 1.39. The van der Waals surface area contributed by atoms with Crippen LogP contribution >= 0.6 is 11.3 Å². The van der Waals surface area contributed by atoms with Gasteiger partial charge in [-0.2, -0.15) is 13.5 Å². The van der Waals surface area contributed by atoms with Gasteiger partial charge in [-0.1, -0.05) is 68.0 Å². The summed E-state index contributed by atoms with van der Waals surface area (Å²) in [5.74, 6) is -4.79. The lowest BCUT2D eigenvalue weighted by atomic mass is 9.39. The maximum Gasteiger partial charge on any atom is 0.410 e. The number of phenols is 1. The van der Waals surface area contributed by atoms with Crippen molar-refractivity contribution in [2.45, 2.75) is 110 Å². The molecule has 7 aromatic rings. The van der Waals surface area contributed by atoms with E-state index in [1.54, 1.807) is 37.6 Å². The molecule has 4 fully saturated rings. The van der Waals surface area contributed by atoms with Gasteiger partial charge >= 0.3 is 12.1 Å². The Morgan fingerprint density at radius 2 is 1.58 bits per heavy atom. The van der Waals surface area contributed by atoms with Gasteiger partial charge in [0.25, 0.3) is 27.8 Å². The number of rotatable bonds is 33. The summed E-state index contributed by atoms with van der Waals surface area (Å²) in [5, 5.41) is 35.8. The SMILES string of the molecule is COCCN(CCOC12CC3(C)CC(C)(CC(Cn4ncc(-c5ccc(-c6ccc7cccc(C(=O)Nc8nc9ccccc9s8)c7c6)nc5C(=O)O)c4C)(C3)C1)C2)C(=O)OCc1ccc(O)cc1OCCOCCNC(=O)[C@H](CS(=O)(=O)O)NC(=O)CCCCCN1C(=O)C=CC1=O. The van der Waals surface area contributed by atoms with Crippen LogP contribution in [0.4, 0.5) is 9.93 Å². The van der Waals surface area contributed by atoms with E-state index in [1.165, 1.54) is 40.5 Å². The maximum atomic E-state index is 13.9. The first-order valence-corrected chi connectivity index (χ1v) is 35.3. The first-order valence-electron chi connectivity index (χ1n) is 32.9. The van der Waals surface area contributed by atoms with Crippen LogP contribution in [0.3, 0.4) is 0 Å². The Bertz CT molecular complexity index is 4310. The van der Waals surface area contributed by atoms with E-state index in [0.717, 1.165) is 64.7 Å². The predicted molar refractivity (Wildman–Crippen MR) is 366 cm³/mol. The molecule has 524 valence electrons. The molecule has 12 rings (SSSR count). The van der Waals surface area contributed by atoms with Crippen molar-refractivity contribution in [3.8, 4) is 33.9 Å². The number of carbonyl (C=O) groups excluding carboxylic acids is 6. The third-order valence-corrected chi connectivity index (χ3v) is 20.5. The molecule has 6 amide bonds. The number of thiazole rings is 1. The van der Waals surface area contributed by atoms with Crippen LogP contribution in [0.25, 0.3) is 43.4 Å². The first-order chi connectivity index (χ1) is 47.3. The fraction of sp³-hybridized carbons (Fsp3) is 0.437. The van der Waals surface area contributed by atoms with E-state index in [1.807, 2.05) is 66.2 Å². The molecule has 28 heteroatoms. The van der Waals surface area contributed by atoms with Crippen LogP contribution in [0.15, 0.2) is 109 Å². The highest BCUT2D eigenvalue weighted by Crippen LogP contribution is 2.72. The molecule has 0 radical (unpaired) electrons. The van der Waals surface area contributed by atoms with Gasteiger partial charge in [-0.3, -0.25) is 43.4 Å². The van der Waals surface area contributed by atoms with Crippen molar-refractivity contribution in [1.29, 1.82) is 0 Å². The van der Waals surface area contributed by atoms with Crippen LogP contribution in [0.1, 0.15) is 110 Å². The van der Waals surface area contributed by atoms with Crippen LogP contribution in [-0.2, 0) is 61.4 Å². The normalized spacial score (nSPS) is 20.4. The zero-order valence-electron chi connectivity index (χ0n) is 55.6. The highest BCUT2D eigenvalue weighted by atomic mass is 32.2. The number of benzene rings is 4. The van der Waals surface area contributed by atoms with Crippen LogP contribution < -0.4 is 20.7 Å². The number of aromatic nitrogens is 4. The van der Waals surface area contributed by atoms with Gasteiger partial charge in [0.15, 0.2) is 10.8 Å². The number of hydrogen-bond donors (Lipinski definition) is 6. The van der Waals surface area contributed by atoms with Gasteiger partial charge in [-0.15, -0.1) is 0 Å². The number of ether oxygens (including phenoxy) is 5. The molecule has 2 unspecified atom stereocenters. The minimum atomic E-state index is -4.68. The molecule has 6 N–H and O–H groups in total. The third kappa shape index (κ3) is 17.3. The molecule has 4 saturated carbocycles. The number of nitrogens with one attached hydrogen (secondary N) is 3. The number of para-hydroxylation sites is 1. The number of methoxy groups -OCH3 is 1. The molecular formula is C71H81N9O17S2. The lowest BCUT2D eigenvalue weighted by molar-refractivity contribution is -0.248. The predicted octanol–water partition coefficient (Wildman–Crippen LogP) is 9.13. The van der Waals surface area contributed by atoms with Crippen molar-refractivity contribution < 1.29 is 80.4 Å². The van der Waals surface area contributed by atoms with E-state index >= 15 is 0 Å². The Hall–Kier alpha value is -9.19. The lowest BCUT2D eigenvalue weighted by Crippen LogP contribution is -2.64. The number of phenolic OH excluding ortho intramolecular Hbond substituents is 1. The maximum absolute atomic E-state index is 13.9. The monoisotopic (exact) mass is 1400 g/mol. The second-order valence-electron chi connectivity index (χ2n) is 27.0. The Morgan fingerprint density at radius 3 is 2.32 bits per heavy atom. The number of hydrogen-bond acceptors (Lipinski definition) is 19. The number of pyridine rings is 1. The van der Waals surface area contributed by atoms with Gasteiger partial charge in [0, 0.05) is 98.0 Å². The summed E-state index contributed by atoms with van der Waals surface area (Å²) < 4.78 is 65.8. The molecule has 3 aromatic heterocycles. The summed E-state index contributed by atoms with van der Waals surface area (Å²) in [6.45, 7) is 7.90. The van der Waals surface area contributed by atoms with Crippen molar-refractivity contribution in [2.75, 3.05) is 77.4 Å². The Morgan fingerprint density at radius 1 is 0.808 bits per heavy atom. The molecule has 99 heavy (non-hydrogen) atoms. The van der Waals surface area contributed by atoms with Gasteiger partial charge in [0.1, 0.15) is 36.5 Å². The molecule has 26 nitrogen and oxygen atoms in total. The largest absolute Gasteiger partial charge is 0.508 e. The molecule has 4 aliphatic carbocycles. The number of unbranched alkanes of at least 4 members (excludes halogenated alkanes) is 2. The molecule has 0 saturated heterocycles. The highest BCUT2D eigenvalue weighted by molar-refractivity contribution is 7.85. The topological polar surface area (TPSA) is 347 Å². The number of amides is 6. The number of carboxylic acid groups (broad SMARTS) is 1. The first kappa shape index (κ1) is 71.1. The molecule has 4 aromatic carbocycles. The number of aromatic hydroxyl groups is 1. The van der Waals surface area contributed by atoms with Gasteiger partial charge in [0.2, 0.25) is 11.8 Å². The number of aromatic carboxylic acids is 1. The summed E-state index contributed by atoms with van der Waals surface area (Å²) in [5.41, 5.74) is 3.75. The minimum absolute atomic E-state index is 0.000734. The summed E-state index contributed by atoms with van der Waals surface area (Å²) in [4.78, 5) is 102.